The van der Waals surface area contributed by atoms with E-state index in [0.29, 0.717) is 23.7 Å². The summed E-state index contributed by atoms with van der Waals surface area (Å²) in [6.45, 7) is 0.382. The Morgan fingerprint density at radius 2 is 1.44 bits per heavy atom. The van der Waals surface area contributed by atoms with Gasteiger partial charge in [0.25, 0.3) is 6.47 Å². The summed E-state index contributed by atoms with van der Waals surface area (Å²) in [6, 6.07) is 16.3. The van der Waals surface area contributed by atoms with E-state index in [4.69, 9.17) is 9.47 Å². The van der Waals surface area contributed by atoms with E-state index in [1.165, 1.54) is 0 Å². The molecule has 0 aliphatic heterocycles. The standard InChI is InChI=1S/C13H10O3/c14-10-15-12-8-4-5-9-13(12)16-11-6-2-1-3-7-11/h1-10H. The van der Waals surface area contributed by atoms with E-state index in [0.717, 1.165) is 0 Å². The zero-order valence-electron chi connectivity index (χ0n) is 8.50. The lowest BCUT2D eigenvalue weighted by Gasteiger charge is -2.08. The van der Waals surface area contributed by atoms with Gasteiger partial charge in [-0.2, -0.15) is 0 Å². The molecule has 3 nitrogen and oxygen atoms in total. The average Bonchev–Trinajstić information content (AvgIpc) is 2.33. The zero-order chi connectivity index (χ0) is 11.2. The van der Waals surface area contributed by atoms with Crippen LogP contribution < -0.4 is 9.47 Å². The maximum Gasteiger partial charge on any atom is 0.298 e. The molecule has 0 bridgehead atoms. The molecule has 2 rings (SSSR count). The van der Waals surface area contributed by atoms with Crippen molar-refractivity contribution in [2.75, 3.05) is 0 Å². The van der Waals surface area contributed by atoms with Crippen molar-refractivity contribution in [2.24, 2.45) is 0 Å². The molecule has 0 fully saturated rings. The van der Waals surface area contributed by atoms with Gasteiger partial charge in [-0.1, -0.05) is 30.3 Å². The molecule has 0 radical (unpaired) electrons. The van der Waals surface area contributed by atoms with Crippen molar-refractivity contribution >= 4 is 6.47 Å². The van der Waals surface area contributed by atoms with E-state index >= 15 is 0 Å². The van der Waals surface area contributed by atoms with E-state index < -0.39 is 0 Å². The Morgan fingerprint density at radius 3 is 2.12 bits per heavy atom. The van der Waals surface area contributed by atoms with Crippen molar-refractivity contribution in [1.82, 2.24) is 0 Å². The topological polar surface area (TPSA) is 35.5 Å². The van der Waals surface area contributed by atoms with Crippen molar-refractivity contribution < 1.29 is 14.3 Å². The van der Waals surface area contributed by atoms with Gasteiger partial charge in [0.05, 0.1) is 0 Å². The van der Waals surface area contributed by atoms with Gasteiger partial charge in [0.1, 0.15) is 5.75 Å². The summed E-state index contributed by atoms with van der Waals surface area (Å²) >= 11 is 0. The van der Waals surface area contributed by atoms with E-state index in [1.807, 2.05) is 36.4 Å². The lowest BCUT2D eigenvalue weighted by molar-refractivity contribution is -0.120. The van der Waals surface area contributed by atoms with Crippen molar-refractivity contribution in [3.8, 4) is 17.2 Å². The third-order valence-corrected chi connectivity index (χ3v) is 2.00. The smallest absolute Gasteiger partial charge is 0.298 e. The molecule has 16 heavy (non-hydrogen) atoms. The molecule has 0 aromatic heterocycles. The van der Waals surface area contributed by atoms with Gasteiger partial charge in [0.15, 0.2) is 11.5 Å². The normalized spacial score (nSPS) is 9.50. The molecule has 0 unspecified atom stereocenters. The van der Waals surface area contributed by atoms with Crippen LogP contribution in [0.3, 0.4) is 0 Å². The Labute approximate surface area is 93.2 Å². The van der Waals surface area contributed by atoms with Crippen LogP contribution in [0.4, 0.5) is 0 Å². The fourth-order valence-electron chi connectivity index (χ4n) is 1.30. The SMILES string of the molecule is O=COc1ccccc1Oc1ccccc1. The molecule has 3 heteroatoms. The Hall–Kier alpha value is -2.29. The van der Waals surface area contributed by atoms with Gasteiger partial charge in [0, 0.05) is 0 Å². The minimum absolute atomic E-state index is 0.382. The number of hydrogen-bond donors (Lipinski definition) is 0. The minimum atomic E-state index is 0.382. The second-order valence-corrected chi connectivity index (χ2v) is 3.08. The van der Waals surface area contributed by atoms with E-state index in [9.17, 15) is 4.79 Å². The highest BCUT2D eigenvalue weighted by molar-refractivity contribution is 5.51. The molecule has 0 saturated carbocycles. The van der Waals surface area contributed by atoms with Gasteiger partial charge in [-0.05, 0) is 24.3 Å². The molecule has 0 spiro atoms. The number of hydrogen-bond acceptors (Lipinski definition) is 3. The molecule has 0 amide bonds. The maximum absolute atomic E-state index is 10.3. The Balaban J connectivity index is 2.24. The maximum atomic E-state index is 10.3. The lowest BCUT2D eigenvalue weighted by atomic mass is 10.3. The van der Waals surface area contributed by atoms with Crippen LogP contribution in [-0.2, 0) is 4.79 Å². The summed E-state index contributed by atoms with van der Waals surface area (Å²) in [6.07, 6.45) is 0. The Morgan fingerprint density at radius 1 is 0.812 bits per heavy atom. The molecule has 0 aliphatic carbocycles. The molecule has 0 N–H and O–H groups in total. The molecule has 0 heterocycles. The highest BCUT2D eigenvalue weighted by Gasteiger charge is 2.04. The van der Waals surface area contributed by atoms with E-state index in [-0.39, 0.29) is 0 Å². The molecule has 2 aromatic carbocycles. The van der Waals surface area contributed by atoms with Crippen LogP contribution in [0.15, 0.2) is 54.6 Å². The van der Waals surface area contributed by atoms with E-state index in [1.54, 1.807) is 18.2 Å². The monoisotopic (exact) mass is 214 g/mol. The largest absolute Gasteiger partial charge is 0.453 e. The summed E-state index contributed by atoms with van der Waals surface area (Å²) < 4.78 is 10.4. The van der Waals surface area contributed by atoms with Crippen LogP contribution in [0.1, 0.15) is 0 Å². The van der Waals surface area contributed by atoms with Gasteiger partial charge in [-0.25, -0.2) is 0 Å². The summed E-state index contributed by atoms with van der Waals surface area (Å²) in [7, 11) is 0. The quantitative estimate of drug-likeness (QED) is 0.734. The first-order chi connectivity index (χ1) is 7.90. The van der Waals surface area contributed by atoms with Crippen LogP contribution in [0.2, 0.25) is 0 Å². The second-order valence-electron chi connectivity index (χ2n) is 3.08. The van der Waals surface area contributed by atoms with Crippen LogP contribution in [-0.4, -0.2) is 6.47 Å². The average molecular weight is 214 g/mol. The molecule has 0 aliphatic rings. The number of benzene rings is 2. The van der Waals surface area contributed by atoms with Crippen molar-refractivity contribution in [2.45, 2.75) is 0 Å². The molecule has 0 atom stereocenters. The molecule has 2 aromatic rings. The van der Waals surface area contributed by atoms with Crippen LogP contribution in [0, 0.1) is 0 Å². The lowest BCUT2D eigenvalue weighted by Crippen LogP contribution is -1.92. The molecule has 80 valence electrons. The van der Waals surface area contributed by atoms with Crippen molar-refractivity contribution in [3.05, 3.63) is 54.6 Å². The summed E-state index contributed by atoms with van der Waals surface area (Å²) in [4.78, 5) is 10.3. The number of carbonyl (C=O) groups excluding carboxylic acids is 1. The number of para-hydroxylation sites is 3. The predicted octanol–water partition coefficient (Wildman–Crippen LogP) is 3.01. The first kappa shape index (κ1) is 10.2. The molecule has 0 saturated heterocycles. The van der Waals surface area contributed by atoms with E-state index in [2.05, 4.69) is 0 Å². The van der Waals surface area contributed by atoms with Gasteiger partial charge in [-0.15, -0.1) is 0 Å². The Bertz CT molecular complexity index is 466. The predicted molar refractivity (Wildman–Crippen MR) is 59.7 cm³/mol. The van der Waals surface area contributed by atoms with Gasteiger partial charge in [0.2, 0.25) is 0 Å². The van der Waals surface area contributed by atoms with Crippen molar-refractivity contribution in [3.63, 3.8) is 0 Å². The first-order valence-electron chi connectivity index (χ1n) is 4.82. The van der Waals surface area contributed by atoms with Crippen LogP contribution in [0.25, 0.3) is 0 Å². The van der Waals surface area contributed by atoms with Crippen molar-refractivity contribution in [1.29, 1.82) is 0 Å². The van der Waals surface area contributed by atoms with Crippen LogP contribution >= 0.6 is 0 Å². The molecular weight excluding hydrogens is 204 g/mol. The number of carbonyl (C=O) groups is 1. The van der Waals surface area contributed by atoms with Gasteiger partial charge >= 0.3 is 0 Å². The first-order valence-corrected chi connectivity index (χ1v) is 4.82. The Kier molecular flexibility index (Phi) is 3.18. The fourth-order valence-corrected chi connectivity index (χ4v) is 1.30. The number of ether oxygens (including phenoxy) is 2. The minimum Gasteiger partial charge on any atom is -0.453 e. The molecular formula is C13H10O3. The third-order valence-electron chi connectivity index (χ3n) is 2.00. The highest BCUT2D eigenvalue weighted by atomic mass is 16.5. The zero-order valence-corrected chi connectivity index (χ0v) is 8.50. The van der Waals surface area contributed by atoms with Gasteiger partial charge in [-0.3, -0.25) is 4.79 Å². The van der Waals surface area contributed by atoms with Gasteiger partial charge < -0.3 is 9.47 Å². The summed E-state index contributed by atoms with van der Waals surface area (Å²) in [5.74, 6) is 1.62. The fraction of sp³-hybridized carbons (Fsp3) is 0. The third kappa shape index (κ3) is 2.39. The summed E-state index contributed by atoms with van der Waals surface area (Å²) in [5, 5.41) is 0. The summed E-state index contributed by atoms with van der Waals surface area (Å²) in [5.41, 5.74) is 0. The van der Waals surface area contributed by atoms with Crippen LogP contribution in [0.5, 0.6) is 17.2 Å². The highest BCUT2D eigenvalue weighted by Crippen LogP contribution is 2.30. The number of rotatable bonds is 4. The second kappa shape index (κ2) is 4.98.